The van der Waals surface area contributed by atoms with E-state index in [1.807, 2.05) is 11.3 Å². The summed E-state index contributed by atoms with van der Waals surface area (Å²) >= 11 is 1.81. The fraction of sp³-hybridized carbons (Fsp3) is 0.500. The summed E-state index contributed by atoms with van der Waals surface area (Å²) in [5.41, 5.74) is 2.16. The van der Waals surface area contributed by atoms with Crippen molar-refractivity contribution < 1.29 is 8.42 Å². The lowest BCUT2D eigenvalue weighted by Crippen LogP contribution is -2.29. The van der Waals surface area contributed by atoms with Crippen LogP contribution in [-0.2, 0) is 29.5 Å². The Balaban J connectivity index is 1.90. The molecule has 1 aliphatic carbocycles. The topological polar surface area (TPSA) is 55.2 Å². The summed E-state index contributed by atoms with van der Waals surface area (Å²) in [7, 11) is -0.433. The zero-order valence-electron chi connectivity index (χ0n) is 12.2. The molecule has 0 radical (unpaired) electrons. The minimum absolute atomic E-state index is 0.616. The summed E-state index contributed by atoms with van der Waals surface area (Å²) in [6.07, 6.45) is 8.47. The van der Waals surface area contributed by atoms with Gasteiger partial charge in [-0.2, -0.15) is 12.7 Å². The van der Waals surface area contributed by atoms with Gasteiger partial charge in [0.25, 0.3) is 0 Å². The molecule has 1 aliphatic rings. The van der Waals surface area contributed by atoms with E-state index in [9.17, 15) is 8.42 Å². The zero-order chi connectivity index (χ0) is 15.0. The quantitative estimate of drug-likeness (QED) is 0.865. The molecule has 0 amide bonds. The Hall–Kier alpha value is -1.18. The summed E-state index contributed by atoms with van der Waals surface area (Å²) in [5, 5.41) is 0. The summed E-state index contributed by atoms with van der Waals surface area (Å²) in [6, 6.07) is 2.23. The van der Waals surface area contributed by atoms with Crippen LogP contribution in [0.25, 0.3) is 0 Å². The van der Waals surface area contributed by atoms with E-state index < -0.39 is 10.2 Å². The molecule has 0 saturated heterocycles. The van der Waals surface area contributed by atoms with Crippen molar-refractivity contribution in [3.05, 3.63) is 39.6 Å². The van der Waals surface area contributed by atoms with Gasteiger partial charge in [-0.25, -0.2) is 8.96 Å². The molecule has 0 aromatic carbocycles. The minimum Gasteiger partial charge on any atom is -0.244 e. The molecule has 0 spiro atoms. The first-order valence-corrected chi connectivity index (χ1v) is 9.24. The van der Waals surface area contributed by atoms with Gasteiger partial charge in [-0.3, -0.25) is 0 Å². The first kappa shape index (κ1) is 14.7. The van der Waals surface area contributed by atoms with Crippen molar-refractivity contribution in [1.82, 2.24) is 13.3 Å². The van der Waals surface area contributed by atoms with Gasteiger partial charge >= 0.3 is 10.2 Å². The van der Waals surface area contributed by atoms with Gasteiger partial charge in [0.15, 0.2) is 0 Å². The van der Waals surface area contributed by atoms with Crippen LogP contribution in [0, 0.1) is 0 Å². The third-order valence-corrected chi connectivity index (χ3v) is 6.78. The average molecular weight is 325 g/mol. The lowest BCUT2D eigenvalue weighted by Gasteiger charge is -2.14. The third kappa shape index (κ3) is 2.77. The maximum Gasteiger partial charge on any atom is 0.308 e. The predicted molar refractivity (Wildman–Crippen MR) is 84.0 cm³/mol. The predicted octanol–water partition coefficient (Wildman–Crippen LogP) is 2.07. The highest BCUT2D eigenvalue weighted by atomic mass is 32.2. The highest BCUT2D eigenvalue weighted by Gasteiger charge is 2.21. The number of aromatic nitrogens is 2. The normalized spacial score (nSPS) is 15.4. The van der Waals surface area contributed by atoms with E-state index in [2.05, 4.69) is 11.1 Å². The van der Waals surface area contributed by atoms with Crippen LogP contribution in [0.2, 0.25) is 0 Å². The standard InChI is InChI=1S/C14H19N3O2S2/c1-16(2)21(18,19)17-10-15-9-12(17)8-13-7-11-5-3-4-6-14(11)20-13/h7,9-10H,3-6,8H2,1-2H3. The molecule has 0 aliphatic heterocycles. The Bertz CT molecular complexity index is 721. The van der Waals surface area contributed by atoms with Gasteiger partial charge in [0.2, 0.25) is 0 Å². The van der Waals surface area contributed by atoms with Crippen molar-refractivity contribution >= 4 is 21.5 Å². The highest BCUT2D eigenvalue weighted by Crippen LogP contribution is 2.31. The van der Waals surface area contributed by atoms with Crippen LogP contribution < -0.4 is 0 Å². The molecule has 0 saturated carbocycles. The van der Waals surface area contributed by atoms with Crippen molar-refractivity contribution in [2.24, 2.45) is 0 Å². The Morgan fingerprint density at radius 3 is 2.81 bits per heavy atom. The van der Waals surface area contributed by atoms with E-state index in [1.165, 1.54) is 56.9 Å². The average Bonchev–Trinajstić information content (AvgIpc) is 3.04. The second-order valence-corrected chi connectivity index (χ2v) is 8.76. The maximum atomic E-state index is 12.3. The highest BCUT2D eigenvalue weighted by molar-refractivity contribution is 7.87. The summed E-state index contributed by atoms with van der Waals surface area (Å²) in [5.74, 6) is 0. The van der Waals surface area contributed by atoms with Gasteiger partial charge < -0.3 is 0 Å². The molecule has 0 fully saturated rings. The lowest BCUT2D eigenvalue weighted by atomic mass is 9.99. The molecule has 3 rings (SSSR count). The van der Waals surface area contributed by atoms with Crippen LogP contribution in [0.5, 0.6) is 0 Å². The largest absolute Gasteiger partial charge is 0.308 e. The fourth-order valence-electron chi connectivity index (χ4n) is 2.64. The Kier molecular flexibility index (Phi) is 3.90. The molecule has 0 bridgehead atoms. The lowest BCUT2D eigenvalue weighted by molar-refractivity contribution is 0.509. The number of fused-ring (bicyclic) bond motifs is 1. The van der Waals surface area contributed by atoms with Crippen molar-refractivity contribution in [3.8, 4) is 0 Å². The number of hydrogen-bond acceptors (Lipinski definition) is 4. The Morgan fingerprint density at radius 1 is 1.33 bits per heavy atom. The third-order valence-electron chi connectivity index (χ3n) is 3.79. The number of nitrogens with zero attached hydrogens (tertiary/aromatic N) is 3. The smallest absolute Gasteiger partial charge is 0.244 e. The number of thiophene rings is 1. The number of imidazole rings is 1. The molecular weight excluding hydrogens is 306 g/mol. The fourth-order valence-corrected chi connectivity index (χ4v) is 4.85. The molecule has 0 unspecified atom stereocenters. The molecule has 0 N–H and O–H groups in total. The van der Waals surface area contributed by atoms with Gasteiger partial charge in [0.05, 0.1) is 5.69 Å². The van der Waals surface area contributed by atoms with Gasteiger partial charge in [0, 0.05) is 36.5 Å². The molecule has 114 valence electrons. The van der Waals surface area contributed by atoms with Crippen LogP contribution in [0.1, 0.15) is 33.9 Å². The Labute approximate surface area is 129 Å². The van der Waals surface area contributed by atoms with E-state index in [-0.39, 0.29) is 0 Å². The van der Waals surface area contributed by atoms with Crippen molar-refractivity contribution in [3.63, 3.8) is 0 Å². The van der Waals surface area contributed by atoms with Gasteiger partial charge in [0.1, 0.15) is 6.33 Å². The number of aryl methyl sites for hydroxylation is 2. The van der Waals surface area contributed by atoms with E-state index >= 15 is 0 Å². The van der Waals surface area contributed by atoms with Crippen LogP contribution in [-0.4, -0.2) is 35.8 Å². The first-order chi connectivity index (χ1) is 9.98. The monoisotopic (exact) mass is 325 g/mol. The van der Waals surface area contributed by atoms with E-state index in [0.29, 0.717) is 12.1 Å². The number of hydrogen-bond donors (Lipinski definition) is 0. The van der Waals surface area contributed by atoms with Gasteiger partial charge in [-0.1, -0.05) is 0 Å². The second-order valence-electron chi connectivity index (χ2n) is 5.52. The van der Waals surface area contributed by atoms with E-state index in [0.717, 1.165) is 12.8 Å². The summed E-state index contributed by atoms with van der Waals surface area (Å²) in [4.78, 5) is 6.70. The molecule has 2 heterocycles. The molecular formula is C14H19N3O2S2. The van der Waals surface area contributed by atoms with Gasteiger partial charge in [-0.15, -0.1) is 11.3 Å². The van der Waals surface area contributed by atoms with E-state index in [4.69, 9.17) is 0 Å². The minimum atomic E-state index is -3.49. The molecule has 7 heteroatoms. The van der Waals surface area contributed by atoms with Crippen molar-refractivity contribution in [1.29, 1.82) is 0 Å². The molecule has 2 aromatic rings. The molecule has 2 aromatic heterocycles. The van der Waals surface area contributed by atoms with Crippen LogP contribution in [0.3, 0.4) is 0 Å². The van der Waals surface area contributed by atoms with Crippen molar-refractivity contribution in [2.45, 2.75) is 32.1 Å². The zero-order valence-corrected chi connectivity index (χ0v) is 13.9. The SMILES string of the molecule is CN(C)S(=O)(=O)n1cncc1Cc1cc2c(s1)CCCC2. The summed E-state index contributed by atoms with van der Waals surface area (Å²) in [6.45, 7) is 0. The molecule has 5 nitrogen and oxygen atoms in total. The Morgan fingerprint density at radius 2 is 2.10 bits per heavy atom. The van der Waals surface area contributed by atoms with Crippen molar-refractivity contribution in [2.75, 3.05) is 14.1 Å². The van der Waals surface area contributed by atoms with Gasteiger partial charge in [-0.05, 0) is 37.3 Å². The number of rotatable bonds is 4. The second kappa shape index (κ2) is 5.55. The van der Waals surface area contributed by atoms with Crippen LogP contribution in [0.15, 0.2) is 18.6 Å². The van der Waals surface area contributed by atoms with Crippen LogP contribution in [0.4, 0.5) is 0 Å². The summed E-state index contributed by atoms with van der Waals surface area (Å²) < 4.78 is 27.0. The first-order valence-electron chi connectivity index (χ1n) is 7.03. The molecule has 21 heavy (non-hydrogen) atoms. The molecule has 0 atom stereocenters. The van der Waals surface area contributed by atoms with Crippen LogP contribution >= 0.6 is 11.3 Å². The maximum absolute atomic E-state index is 12.3. The van der Waals surface area contributed by atoms with E-state index in [1.54, 1.807) is 6.20 Å².